The van der Waals surface area contributed by atoms with Crippen LogP contribution in [0.4, 0.5) is 5.82 Å². The van der Waals surface area contributed by atoms with Crippen LogP contribution in [0.5, 0.6) is 0 Å². The number of anilines is 1. The number of pyridine rings is 1. The van der Waals surface area contributed by atoms with Crippen molar-refractivity contribution in [3.05, 3.63) is 60.1 Å². The number of rotatable bonds is 5. The fourth-order valence-electron chi connectivity index (χ4n) is 2.51. The predicted octanol–water partition coefficient (Wildman–Crippen LogP) is 3.31. The van der Waals surface area contributed by atoms with Crippen molar-refractivity contribution in [2.24, 2.45) is 5.73 Å². The lowest BCUT2D eigenvalue weighted by molar-refractivity contribution is 0.503. The zero-order valence-electron chi connectivity index (χ0n) is 12.1. The van der Waals surface area contributed by atoms with Gasteiger partial charge in [-0.05, 0) is 36.8 Å². The Hall–Kier alpha value is -2.33. The van der Waals surface area contributed by atoms with Crippen molar-refractivity contribution < 1.29 is 4.42 Å². The van der Waals surface area contributed by atoms with Crippen molar-refractivity contribution in [2.75, 3.05) is 11.4 Å². The monoisotopic (exact) mass is 281 g/mol. The summed E-state index contributed by atoms with van der Waals surface area (Å²) in [7, 11) is 0. The van der Waals surface area contributed by atoms with Gasteiger partial charge < -0.3 is 15.1 Å². The van der Waals surface area contributed by atoms with E-state index >= 15 is 0 Å². The molecular weight excluding hydrogens is 262 g/mol. The van der Waals surface area contributed by atoms with Crippen LogP contribution in [0.25, 0.3) is 10.9 Å². The van der Waals surface area contributed by atoms with E-state index in [2.05, 4.69) is 24.0 Å². The van der Waals surface area contributed by atoms with Crippen LogP contribution >= 0.6 is 0 Å². The Labute approximate surface area is 124 Å². The van der Waals surface area contributed by atoms with Gasteiger partial charge in [0.25, 0.3) is 0 Å². The van der Waals surface area contributed by atoms with Gasteiger partial charge in [0.05, 0.1) is 18.3 Å². The Morgan fingerprint density at radius 1 is 1.19 bits per heavy atom. The molecule has 2 aromatic heterocycles. The van der Waals surface area contributed by atoms with Crippen LogP contribution < -0.4 is 10.6 Å². The van der Waals surface area contributed by atoms with E-state index in [0.717, 1.165) is 34.6 Å². The number of nitrogens with zero attached hydrogens (tertiary/aromatic N) is 2. The Morgan fingerprint density at radius 2 is 2.05 bits per heavy atom. The molecule has 0 spiro atoms. The molecule has 2 N–H and O–H groups in total. The maximum Gasteiger partial charge on any atom is 0.129 e. The zero-order chi connectivity index (χ0) is 14.7. The van der Waals surface area contributed by atoms with Crippen LogP contribution in [0.2, 0.25) is 0 Å². The number of fused-ring (bicyclic) bond motifs is 1. The maximum absolute atomic E-state index is 5.90. The molecule has 4 heteroatoms. The van der Waals surface area contributed by atoms with Crippen LogP contribution in [-0.4, -0.2) is 11.5 Å². The second-order valence-corrected chi connectivity index (χ2v) is 4.95. The molecule has 0 radical (unpaired) electrons. The van der Waals surface area contributed by atoms with Crippen molar-refractivity contribution in [1.29, 1.82) is 0 Å². The average molecular weight is 281 g/mol. The summed E-state index contributed by atoms with van der Waals surface area (Å²) in [6.07, 6.45) is 1.70. The van der Waals surface area contributed by atoms with Gasteiger partial charge in [0.15, 0.2) is 0 Å². The number of furan rings is 1. The highest BCUT2D eigenvalue weighted by atomic mass is 16.3. The van der Waals surface area contributed by atoms with E-state index < -0.39 is 0 Å². The van der Waals surface area contributed by atoms with E-state index in [1.807, 2.05) is 30.3 Å². The molecule has 0 bridgehead atoms. The molecule has 4 nitrogen and oxygen atoms in total. The normalized spacial score (nSPS) is 11.0. The molecule has 0 amide bonds. The Balaban J connectivity index is 2.01. The molecule has 0 atom stereocenters. The molecule has 108 valence electrons. The number of hydrogen-bond donors (Lipinski definition) is 1. The smallest absolute Gasteiger partial charge is 0.129 e. The molecule has 2 heterocycles. The molecule has 3 rings (SSSR count). The van der Waals surface area contributed by atoms with E-state index in [0.29, 0.717) is 13.1 Å². The predicted molar refractivity (Wildman–Crippen MR) is 85.1 cm³/mol. The van der Waals surface area contributed by atoms with Crippen LogP contribution in [0.3, 0.4) is 0 Å². The first-order valence-electron chi connectivity index (χ1n) is 7.18. The first kappa shape index (κ1) is 13.6. The lowest BCUT2D eigenvalue weighted by Gasteiger charge is -2.22. The lowest BCUT2D eigenvalue weighted by Crippen LogP contribution is -2.23. The average Bonchev–Trinajstić information content (AvgIpc) is 3.04. The van der Waals surface area contributed by atoms with Gasteiger partial charge in [-0.1, -0.05) is 18.2 Å². The largest absolute Gasteiger partial charge is 0.467 e. The molecule has 0 unspecified atom stereocenters. The molecule has 0 saturated heterocycles. The lowest BCUT2D eigenvalue weighted by atomic mass is 10.1. The van der Waals surface area contributed by atoms with Gasteiger partial charge in [0.2, 0.25) is 0 Å². The third-order valence-electron chi connectivity index (χ3n) is 3.64. The molecule has 1 aromatic carbocycles. The summed E-state index contributed by atoms with van der Waals surface area (Å²) < 4.78 is 5.44. The second kappa shape index (κ2) is 5.97. The van der Waals surface area contributed by atoms with Crippen molar-refractivity contribution >= 4 is 16.7 Å². The summed E-state index contributed by atoms with van der Waals surface area (Å²) >= 11 is 0. The Bertz CT molecular complexity index is 722. The maximum atomic E-state index is 5.90. The Kier molecular flexibility index (Phi) is 3.88. The van der Waals surface area contributed by atoms with E-state index in [1.54, 1.807) is 6.26 Å². The highest BCUT2D eigenvalue weighted by Gasteiger charge is 2.11. The van der Waals surface area contributed by atoms with Crippen LogP contribution in [-0.2, 0) is 13.1 Å². The van der Waals surface area contributed by atoms with Crippen molar-refractivity contribution in [3.63, 3.8) is 0 Å². The van der Waals surface area contributed by atoms with Crippen molar-refractivity contribution in [3.8, 4) is 0 Å². The standard InChI is InChI=1S/C17H19N3O/c1-2-20(12-14-6-5-9-21-14)17-10-13(11-18)15-7-3-4-8-16(15)19-17/h3-10H,2,11-12,18H2,1H3. The second-order valence-electron chi connectivity index (χ2n) is 4.95. The zero-order valence-corrected chi connectivity index (χ0v) is 12.1. The van der Waals surface area contributed by atoms with E-state index in [4.69, 9.17) is 15.1 Å². The summed E-state index contributed by atoms with van der Waals surface area (Å²) in [5.41, 5.74) is 8.00. The summed E-state index contributed by atoms with van der Waals surface area (Å²) in [5, 5.41) is 1.12. The van der Waals surface area contributed by atoms with Gasteiger partial charge in [0, 0.05) is 18.5 Å². The van der Waals surface area contributed by atoms with Crippen molar-refractivity contribution in [2.45, 2.75) is 20.0 Å². The molecule has 0 aliphatic carbocycles. The van der Waals surface area contributed by atoms with E-state index in [-0.39, 0.29) is 0 Å². The number of para-hydroxylation sites is 1. The van der Waals surface area contributed by atoms with Crippen LogP contribution in [0.15, 0.2) is 53.1 Å². The molecule has 0 aliphatic heterocycles. The third kappa shape index (κ3) is 2.76. The fraction of sp³-hybridized carbons (Fsp3) is 0.235. The van der Waals surface area contributed by atoms with Crippen molar-refractivity contribution in [1.82, 2.24) is 4.98 Å². The first-order chi connectivity index (χ1) is 10.3. The third-order valence-corrected chi connectivity index (χ3v) is 3.64. The highest BCUT2D eigenvalue weighted by Crippen LogP contribution is 2.23. The van der Waals surface area contributed by atoms with Gasteiger partial charge >= 0.3 is 0 Å². The molecule has 21 heavy (non-hydrogen) atoms. The van der Waals surface area contributed by atoms with Gasteiger partial charge in [-0.3, -0.25) is 0 Å². The number of nitrogens with two attached hydrogens (primary N) is 1. The quantitative estimate of drug-likeness (QED) is 0.779. The first-order valence-corrected chi connectivity index (χ1v) is 7.18. The van der Waals surface area contributed by atoms with E-state index in [9.17, 15) is 0 Å². The van der Waals surface area contributed by atoms with Crippen LogP contribution in [0.1, 0.15) is 18.2 Å². The summed E-state index contributed by atoms with van der Waals surface area (Å²) in [4.78, 5) is 6.95. The number of aromatic nitrogens is 1. The minimum Gasteiger partial charge on any atom is -0.467 e. The Morgan fingerprint density at radius 3 is 2.76 bits per heavy atom. The molecular formula is C17H19N3O. The topological polar surface area (TPSA) is 55.3 Å². The molecule has 3 aromatic rings. The summed E-state index contributed by atoms with van der Waals surface area (Å²) in [6, 6.07) is 14.1. The van der Waals surface area contributed by atoms with E-state index in [1.165, 1.54) is 0 Å². The number of hydrogen-bond acceptors (Lipinski definition) is 4. The minimum atomic E-state index is 0.508. The van der Waals surface area contributed by atoms with Gasteiger partial charge in [-0.2, -0.15) is 0 Å². The highest BCUT2D eigenvalue weighted by molar-refractivity contribution is 5.84. The molecule has 0 saturated carbocycles. The summed E-state index contributed by atoms with van der Waals surface area (Å²) in [5.74, 6) is 1.87. The van der Waals surface area contributed by atoms with Gasteiger partial charge in [-0.15, -0.1) is 0 Å². The minimum absolute atomic E-state index is 0.508. The molecule has 0 fully saturated rings. The fourth-order valence-corrected chi connectivity index (χ4v) is 2.51. The molecule has 0 aliphatic rings. The van der Waals surface area contributed by atoms with Crippen LogP contribution in [0, 0.1) is 0 Å². The van der Waals surface area contributed by atoms with Gasteiger partial charge in [0.1, 0.15) is 11.6 Å². The summed E-state index contributed by atoms with van der Waals surface area (Å²) in [6.45, 7) is 4.19. The SMILES string of the molecule is CCN(Cc1ccco1)c1cc(CN)c2ccccc2n1. The number of benzene rings is 1. The van der Waals surface area contributed by atoms with Gasteiger partial charge in [-0.25, -0.2) is 4.98 Å².